The van der Waals surface area contributed by atoms with Gasteiger partial charge in [-0.3, -0.25) is 9.69 Å². The van der Waals surface area contributed by atoms with Crippen LogP contribution in [0.15, 0.2) is 78.9 Å². The van der Waals surface area contributed by atoms with E-state index in [1.165, 1.54) is 4.90 Å². The molecule has 5 amide bonds. The molecule has 1 unspecified atom stereocenters. The maximum Gasteiger partial charge on any atom is 0.345 e. The molecule has 5 N–H and O–H groups in total. The molecule has 1 fully saturated rings. The third kappa shape index (κ3) is 6.07. The zero-order valence-electron chi connectivity index (χ0n) is 18.4. The van der Waals surface area contributed by atoms with Crippen LogP contribution in [0.2, 0.25) is 5.02 Å². The van der Waals surface area contributed by atoms with E-state index >= 15 is 0 Å². The first-order valence-electron chi connectivity index (χ1n) is 10.7. The lowest BCUT2D eigenvalue weighted by Crippen LogP contribution is -2.55. The number of aliphatic hydroxyl groups excluding tert-OH is 1. The number of piperazine rings is 1. The Kier molecular flexibility index (Phi) is 7.46. The normalized spacial score (nSPS) is 15.3. The first kappa shape index (κ1) is 24.0. The number of rotatable bonds is 4. The Morgan fingerprint density at radius 1 is 0.943 bits per heavy atom. The highest BCUT2D eigenvalue weighted by Gasteiger charge is 2.27. The second kappa shape index (κ2) is 10.9. The van der Waals surface area contributed by atoms with E-state index in [1.807, 2.05) is 0 Å². The van der Waals surface area contributed by atoms with E-state index in [0.29, 0.717) is 27.8 Å². The standard InChI is InChI=1S/C24H23ClN6O4/c25-16-6-8-17(9-7-16)27-23(34)29-31(20-4-2-1-3-5-20)24(35)28-18-10-12-19(13-11-18)30-21(32)14-26-15-22(30)33/h1-13,21,26,32H,14-15H2,(H,28,35)(H2,27,29,34). The average Bonchev–Trinajstić information content (AvgIpc) is 2.85. The molecule has 1 heterocycles. The van der Waals surface area contributed by atoms with E-state index in [-0.39, 0.29) is 19.0 Å². The van der Waals surface area contributed by atoms with Crippen LogP contribution in [0.4, 0.5) is 32.3 Å². The van der Waals surface area contributed by atoms with Gasteiger partial charge in [-0.25, -0.2) is 20.0 Å². The summed E-state index contributed by atoms with van der Waals surface area (Å²) < 4.78 is 0. The molecule has 1 aliphatic heterocycles. The summed E-state index contributed by atoms with van der Waals surface area (Å²) in [7, 11) is 0. The minimum absolute atomic E-state index is 0.130. The molecule has 0 saturated carbocycles. The molecule has 0 spiro atoms. The number of hydrogen-bond donors (Lipinski definition) is 5. The van der Waals surface area contributed by atoms with Crippen LogP contribution in [0.1, 0.15) is 0 Å². The Hall–Kier alpha value is -4.12. The third-order valence-corrected chi connectivity index (χ3v) is 5.35. The summed E-state index contributed by atoms with van der Waals surface area (Å²) in [5.74, 6) is -0.258. The van der Waals surface area contributed by atoms with Gasteiger partial charge in [-0.1, -0.05) is 29.8 Å². The molecule has 180 valence electrons. The molecular formula is C24H23ClN6O4. The number of halogens is 1. The highest BCUT2D eigenvalue weighted by molar-refractivity contribution is 6.30. The van der Waals surface area contributed by atoms with Crippen molar-refractivity contribution in [2.75, 3.05) is 33.6 Å². The molecule has 4 rings (SSSR count). The number of aliphatic hydroxyl groups is 1. The van der Waals surface area contributed by atoms with Crippen molar-refractivity contribution in [2.45, 2.75) is 6.23 Å². The number of β-amino-alcohol motifs (C(OH)–C–C–N with tert-alkyl or cyclic N) is 1. The van der Waals surface area contributed by atoms with Gasteiger partial charge in [0.15, 0.2) is 0 Å². The Balaban J connectivity index is 1.47. The van der Waals surface area contributed by atoms with Gasteiger partial charge in [-0.05, 0) is 60.7 Å². The summed E-state index contributed by atoms with van der Waals surface area (Å²) in [6, 6.07) is 20.3. The Morgan fingerprint density at radius 3 is 2.23 bits per heavy atom. The highest BCUT2D eigenvalue weighted by Crippen LogP contribution is 2.22. The molecule has 0 bridgehead atoms. The number of nitrogens with one attached hydrogen (secondary N) is 4. The fourth-order valence-electron chi connectivity index (χ4n) is 3.46. The Labute approximate surface area is 206 Å². The highest BCUT2D eigenvalue weighted by atomic mass is 35.5. The van der Waals surface area contributed by atoms with Gasteiger partial charge in [-0.15, -0.1) is 0 Å². The van der Waals surface area contributed by atoms with Gasteiger partial charge in [0.1, 0.15) is 6.23 Å². The Morgan fingerprint density at radius 2 is 1.57 bits per heavy atom. The molecule has 1 atom stereocenters. The predicted octanol–water partition coefficient (Wildman–Crippen LogP) is 3.37. The molecule has 35 heavy (non-hydrogen) atoms. The topological polar surface area (TPSA) is 126 Å². The van der Waals surface area contributed by atoms with E-state index in [4.69, 9.17) is 11.6 Å². The van der Waals surface area contributed by atoms with Crippen molar-refractivity contribution < 1.29 is 19.5 Å². The number of amides is 5. The molecule has 1 aliphatic rings. The van der Waals surface area contributed by atoms with Crippen LogP contribution in [0.25, 0.3) is 0 Å². The fraction of sp³-hybridized carbons (Fsp3) is 0.125. The van der Waals surface area contributed by atoms with Gasteiger partial charge in [0.25, 0.3) is 0 Å². The molecule has 10 nitrogen and oxygen atoms in total. The van der Waals surface area contributed by atoms with Crippen LogP contribution in [0, 0.1) is 0 Å². The monoisotopic (exact) mass is 494 g/mol. The molecule has 0 aliphatic carbocycles. The smallest absolute Gasteiger partial charge is 0.345 e. The summed E-state index contributed by atoms with van der Waals surface area (Å²) in [6.45, 7) is 0.394. The van der Waals surface area contributed by atoms with E-state index < -0.39 is 18.3 Å². The molecule has 11 heteroatoms. The number of anilines is 4. The van der Waals surface area contributed by atoms with Gasteiger partial charge in [0.2, 0.25) is 5.91 Å². The van der Waals surface area contributed by atoms with Gasteiger partial charge < -0.3 is 21.1 Å². The molecule has 3 aromatic carbocycles. The third-order valence-electron chi connectivity index (χ3n) is 5.10. The van der Waals surface area contributed by atoms with Crippen molar-refractivity contribution in [2.24, 2.45) is 0 Å². The minimum Gasteiger partial charge on any atom is -0.372 e. The fourth-order valence-corrected chi connectivity index (χ4v) is 3.58. The summed E-state index contributed by atoms with van der Waals surface area (Å²) in [5, 5.41) is 19.9. The maximum atomic E-state index is 13.1. The molecule has 0 radical (unpaired) electrons. The van der Waals surface area contributed by atoms with Gasteiger partial charge in [-0.2, -0.15) is 0 Å². The van der Waals surface area contributed by atoms with Crippen LogP contribution < -0.4 is 31.3 Å². The molecule has 0 aromatic heterocycles. The lowest BCUT2D eigenvalue weighted by molar-refractivity contribution is -0.121. The quantitative estimate of drug-likeness (QED) is 0.355. The number of carbonyl (C=O) groups excluding carboxylic acids is 3. The first-order chi connectivity index (χ1) is 16.9. The zero-order chi connectivity index (χ0) is 24.8. The zero-order valence-corrected chi connectivity index (χ0v) is 19.2. The average molecular weight is 495 g/mol. The van der Waals surface area contributed by atoms with Crippen LogP contribution in [-0.4, -0.2) is 42.4 Å². The maximum absolute atomic E-state index is 13.1. The van der Waals surface area contributed by atoms with E-state index in [2.05, 4.69) is 21.4 Å². The number of hydrogen-bond acceptors (Lipinski definition) is 5. The number of nitrogens with zero attached hydrogens (tertiary/aromatic N) is 2. The second-order valence-corrected chi connectivity index (χ2v) is 8.03. The molecule has 3 aromatic rings. The van der Waals surface area contributed by atoms with Gasteiger partial charge in [0, 0.05) is 28.6 Å². The van der Waals surface area contributed by atoms with Crippen molar-refractivity contribution >= 4 is 52.3 Å². The largest absolute Gasteiger partial charge is 0.372 e. The number of carbonyl (C=O) groups is 3. The summed E-state index contributed by atoms with van der Waals surface area (Å²) >= 11 is 5.88. The van der Waals surface area contributed by atoms with Crippen LogP contribution >= 0.6 is 11.6 Å². The molecular weight excluding hydrogens is 472 g/mol. The lowest BCUT2D eigenvalue weighted by atomic mass is 10.2. The van der Waals surface area contributed by atoms with Crippen LogP contribution in [-0.2, 0) is 4.79 Å². The lowest BCUT2D eigenvalue weighted by Gasteiger charge is -2.32. The SMILES string of the molecule is O=C(Nc1ccc(Cl)cc1)NN(C(=O)Nc1ccc(N2C(=O)CNCC2O)cc1)c1ccccc1. The van der Waals surface area contributed by atoms with E-state index in [0.717, 1.165) is 5.01 Å². The first-order valence-corrected chi connectivity index (χ1v) is 11.1. The summed E-state index contributed by atoms with van der Waals surface area (Å²) in [5.41, 5.74) is 4.40. The number of para-hydroxylation sites is 1. The van der Waals surface area contributed by atoms with Gasteiger partial charge >= 0.3 is 12.1 Å². The number of urea groups is 2. The van der Waals surface area contributed by atoms with Crippen molar-refractivity contribution in [3.63, 3.8) is 0 Å². The van der Waals surface area contributed by atoms with E-state index in [1.54, 1.807) is 78.9 Å². The summed E-state index contributed by atoms with van der Waals surface area (Å²) in [4.78, 5) is 39.1. The van der Waals surface area contributed by atoms with Crippen molar-refractivity contribution in [1.82, 2.24) is 10.7 Å². The number of hydrazine groups is 1. The van der Waals surface area contributed by atoms with Crippen LogP contribution in [0.5, 0.6) is 0 Å². The van der Waals surface area contributed by atoms with Crippen molar-refractivity contribution in [3.8, 4) is 0 Å². The van der Waals surface area contributed by atoms with Crippen molar-refractivity contribution in [3.05, 3.63) is 83.9 Å². The number of benzene rings is 3. The van der Waals surface area contributed by atoms with Gasteiger partial charge in [0.05, 0.1) is 12.2 Å². The van der Waals surface area contributed by atoms with Crippen LogP contribution in [0.3, 0.4) is 0 Å². The minimum atomic E-state index is -0.978. The summed E-state index contributed by atoms with van der Waals surface area (Å²) in [6.07, 6.45) is -0.978. The van der Waals surface area contributed by atoms with E-state index in [9.17, 15) is 19.5 Å². The predicted molar refractivity (Wildman–Crippen MR) is 134 cm³/mol. The van der Waals surface area contributed by atoms with Crippen molar-refractivity contribution in [1.29, 1.82) is 0 Å². The Bertz CT molecular complexity index is 1190. The molecule has 1 saturated heterocycles. The second-order valence-electron chi connectivity index (χ2n) is 7.60.